The average Bonchev–Trinajstić information content (AvgIpc) is 3.31. The van der Waals surface area contributed by atoms with E-state index >= 15 is 0 Å². The Balaban J connectivity index is 1.28. The van der Waals surface area contributed by atoms with Crippen molar-refractivity contribution >= 4 is 26.7 Å². The molecule has 0 radical (unpaired) electrons. The minimum absolute atomic E-state index is 0.188. The topological polar surface area (TPSA) is 93.0 Å². The van der Waals surface area contributed by atoms with Crippen LogP contribution in [0.25, 0.3) is 16.7 Å². The monoisotopic (exact) mass is 490 g/mol. The number of fused-ring (bicyclic) bond motifs is 1. The minimum Gasteiger partial charge on any atom is -0.325 e. The zero-order valence-corrected chi connectivity index (χ0v) is 20.9. The van der Waals surface area contributed by atoms with Gasteiger partial charge in [-0.05, 0) is 67.1 Å². The number of anilines is 1. The van der Waals surface area contributed by atoms with E-state index in [4.69, 9.17) is 0 Å². The van der Waals surface area contributed by atoms with E-state index < -0.39 is 9.84 Å². The first-order valence-electron chi connectivity index (χ1n) is 12.0. The lowest BCUT2D eigenvalue weighted by atomic mass is 10.1. The fourth-order valence-electron chi connectivity index (χ4n) is 4.51. The molecule has 182 valence electrons. The molecule has 1 N–H and O–H groups in total. The summed E-state index contributed by atoms with van der Waals surface area (Å²) < 4.78 is 25.7. The van der Waals surface area contributed by atoms with Crippen LogP contribution in [0.2, 0.25) is 0 Å². The first-order valence-corrected chi connectivity index (χ1v) is 13.9. The predicted molar refractivity (Wildman–Crippen MR) is 137 cm³/mol. The highest BCUT2D eigenvalue weighted by atomic mass is 32.2. The Labute approximate surface area is 206 Å². The van der Waals surface area contributed by atoms with Gasteiger partial charge in [0.05, 0.1) is 16.6 Å². The summed E-state index contributed by atoms with van der Waals surface area (Å²) in [5.74, 6) is 1.57. The molecule has 1 atom stereocenters. The molecule has 1 aromatic carbocycles. The van der Waals surface area contributed by atoms with Gasteiger partial charge in [-0.15, -0.1) is 0 Å². The number of hydrogen-bond donors (Lipinski definition) is 1. The number of aromatic nitrogens is 4. The second-order valence-electron chi connectivity index (χ2n) is 9.03. The van der Waals surface area contributed by atoms with Gasteiger partial charge in [-0.25, -0.2) is 23.4 Å². The van der Waals surface area contributed by atoms with Gasteiger partial charge in [0.1, 0.15) is 5.82 Å². The number of nitrogens with zero attached hydrogens (tertiary/aromatic N) is 5. The van der Waals surface area contributed by atoms with Gasteiger partial charge in [0, 0.05) is 49.5 Å². The van der Waals surface area contributed by atoms with Crippen LogP contribution in [0.5, 0.6) is 0 Å². The average molecular weight is 491 g/mol. The van der Waals surface area contributed by atoms with E-state index in [1.165, 1.54) is 12.7 Å². The van der Waals surface area contributed by atoms with Crippen molar-refractivity contribution in [1.29, 1.82) is 0 Å². The van der Waals surface area contributed by atoms with E-state index in [1.807, 2.05) is 47.6 Å². The Morgan fingerprint density at radius 2 is 1.80 bits per heavy atom. The molecule has 4 heterocycles. The van der Waals surface area contributed by atoms with Gasteiger partial charge in [-0.3, -0.25) is 5.32 Å². The highest BCUT2D eigenvalue weighted by Crippen LogP contribution is 2.24. The summed E-state index contributed by atoms with van der Waals surface area (Å²) in [6, 6.07) is 11.2. The van der Waals surface area contributed by atoms with Gasteiger partial charge in [0.25, 0.3) is 0 Å². The SMILES string of the molecule is CCc1cnc(N2CCCCC2NCc2ccc(-n3ccc4cc(S(C)(=O)=O)ccc43)nc2)nc1. The number of piperidine rings is 1. The molecular weight excluding hydrogens is 460 g/mol. The number of pyridine rings is 1. The summed E-state index contributed by atoms with van der Waals surface area (Å²) in [6.07, 6.45) is 13.4. The third kappa shape index (κ3) is 5.06. The Kier molecular flexibility index (Phi) is 6.53. The molecular formula is C26H30N6O2S. The summed E-state index contributed by atoms with van der Waals surface area (Å²) in [7, 11) is -3.24. The molecule has 0 spiro atoms. The van der Waals surface area contributed by atoms with E-state index in [0.29, 0.717) is 11.4 Å². The third-order valence-corrected chi connectivity index (χ3v) is 7.66. The fraction of sp³-hybridized carbons (Fsp3) is 0.346. The maximum Gasteiger partial charge on any atom is 0.226 e. The molecule has 0 saturated carbocycles. The quantitative estimate of drug-likeness (QED) is 0.420. The summed E-state index contributed by atoms with van der Waals surface area (Å²) in [4.78, 5) is 16.4. The molecule has 0 bridgehead atoms. The van der Waals surface area contributed by atoms with E-state index in [1.54, 1.807) is 12.1 Å². The van der Waals surface area contributed by atoms with Gasteiger partial charge in [0.2, 0.25) is 5.95 Å². The summed E-state index contributed by atoms with van der Waals surface area (Å²) >= 11 is 0. The van der Waals surface area contributed by atoms with Crippen molar-refractivity contribution in [2.24, 2.45) is 0 Å². The van der Waals surface area contributed by atoms with Crippen molar-refractivity contribution in [2.45, 2.75) is 50.2 Å². The molecule has 1 aliphatic heterocycles. The Bertz CT molecular complexity index is 1410. The largest absolute Gasteiger partial charge is 0.325 e. The van der Waals surface area contributed by atoms with Gasteiger partial charge in [0.15, 0.2) is 9.84 Å². The molecule has 1 fully saturated rings. The molecule has 1 saturated heterocycles. The molecule has 1 unspecified atom stereocenters. The first-order chi connectivity index (χ1) is 16.9. The van der Waals surface area contributed by atoms with Crippen molar-refractivity contribution in [2.75, 3.05) is 17.7 Å². The van der Waals surface area contributed by atoms with Crippen LogP contribution in [0.15, 0.2) is 66.1 Å². The molecule has 9 heteroatoms. The molecule has 8 nitrogen and oxygen atoms in total. The van der Waals surface area contributed by atoms with Crippen LogP contribution in [0.4, 0.5) is 5.95 Å². The van der Waals surface area contributed by atoms with Crippen molar-refractivity contribution in [1.82, 2.24) is 24.8 Å². The van der Waals surface area contributed by atoms with Crippen LogP contribution >= 0.6 is 0 Å². The molecule has 3 aromatic heterocycles. The van der Waals surface area contributed by atoms with Crippen molar-refractivity contribution in [3.8, 4) is 5.82 Å². The van der Waals surface area contributed by atoms with Crippen molar-refractivity contribution in [3.05, 3.63) is 72.3 Å². The third-order valence-electron chi connectivity index (χ3n) is 6.55. The summed E-state index contributed by atoms with van der Waals surface area (Å²) in [6.45, 7) is 3.75. The normalized spacial score (nSPS) is 16.6. The fourth-order valence-corrected chi connectivity index (χ4v) is 5.17. The summed E-state index contributed by atoms with van der Waals surface area (Å²) in [5.41, 5.74) is 3.16. The maximum absolute atomic E-state index is 11.9. The lowest BCUT2D eigenvalue weighted by Gasteiger charge is -2.36. The smallest absolute Gasteiger partial charge is 0.226 e. The van der Waals surface area contributed by atoms with Crippen LogP contribution < -0.4 is 10.2 Å². The Hall–Kier alpha value is -3.30. The van der Waals surface area contributed by atoms with Crippen LogP contribution in [0.3, 0.4) is 0 Å². The molecule has 0 aliphatic carbocycles. The number of nitrogens with one attached hydrogen (secondary N) is 1. The number of aryl methyl sites for hydroxylation is 1. The molecule has 35 heavy (non-hydrogen) atoms. The van der Waals surface area contributed by atoms with Crippen molar-refractivity contribution in [3.63, 3.8) is 0 Å². The Morgan fingerprint density at radius 1 is 1.00 bits per heavy atom. The molecule has 4 aromatic rings. The van der Waals surface area contributed by atoms with E-state index in [2.05, 4.69) is 38.2 Å². The van der Waals surface area contributed by atoms with Gasteiger partial charge in [-0.2, -0.15) is 0 Å². The second kappa shape index (κ2) is 9.75. The van der Waals surface area contributed by atoms with Crippen LogP contribution in [-0.2, 0) is 22.8 Å². The van der Waals surface area contributed by atoms with E-state index in [9.17, 15) is 8.42 Å². The highest BCUT2D eigenvalue weighted by molar-refractivity contribution is 7.90. The number of rotatable bonds is 7. The minimum atomic E-state index is -3.24. The predicted octanol–water partition coefficient (Wildman–Crippen LogP) is 3.89. The van der Waals surface area contributed by atoms with Crippen LogP contribution in [0.1, 0.15) is 37.3 Å². The zero-order valence-electron chi connectivity index (χ0n) is 20.1. The molecule has 0 amide bonds. The van der Waals surface area contributed by atoms with Gasteiger partial charge in [-0.1, -0.05) is 13.0 Å². The van der Waals surface area contributed by atoms with Gasteiger partial charge < -0.3 is 9.47 Å². The zero-order chi connectivity index (χ0) is 24.4. The first kappa shape index (κ1) is 23.4. The highest BCUT2D eigenvalue weighted by Gasteiger charge is 2.24. The number of benzene rings is 1. The number of hydrogen-bond acceptors (Lipinski definition) is 7. The van der Waals surface area contributed by atoms with E-state index in [0.717, 1.165) is 59.6 Å². The van der Waals surface area contributed by atoms with Gasteiger partial charge >= 0.3 is 0 Å². The molecule has 1 aliphatic rings. The van der Waals surface area contributed by atoms with E-state index in [-0.39, 0.29) is 6.17 Å². The number of sulfone groups is 1. The van der Waals surface area contributed by atoms with Crippen LogP contribution in [-0.4, -0.2) is 46.9 Å². The Morgan fingerprint density at radius 3 is 2.51 bits per heavy atom. The standard InChI is InChI=1S/C26H30N6O2S/c1-3-19-15-29-26(30-16-19)32-12-5-4-6-24(32)27-17-20-7-10-25(28-18-20)31-13-11-21-14-22(35(2,33)34)8-9-23(21)31/h7-11,13-16,18,24,27H,3-6,12,17H2,1-2H3. The lowest BCUT2D eigenvalue weighted by Crippen LogP contribution is -2.49. The molecule has 5 rings (SSSR count). The maximum atomic E-state index is 11.9. The lowest BCUT2D eigenvalue weighted by molar-refractivity contribution is 0.388. The summed E-state index contributed by atoms with van der Waals surface area (Å²) in [5, 5.41) is 4.53. The van der Waals surface area contributed by atoms with Crippen LogP contribution in [0, 0.1) is 0 Å². The van der Waals surface area contributed by atoms with Crippen molar-refractivity contribution < 1.29 is 8.42 Å². The second-order valence-corrected chi connectivity index (χ2v) is 11.0.